The van der Waals surface area contributed by atoms with Crippen LogP contribution < -0.4 is 4.74 Å². The van der Waals surface area contributed by atoms with Gasteiger partial charge in [-0.3, -0.25) is 9.78 Å². The average molecular weight is 395 g/mol. The van der Waals surface area contributed by atoms with Crippen molar-refractivity contribution in [2.45, 2.75) is 20.3 Å². The molecular weight excluding hydrogens is 372 g/mol. The maximum atomic E-state index is 12.8. The molecule has 1 saturated heterocycles. The number of likely N-dealkylation sites (tertiary alicyclic amines) is 1. The smallest absolute Gasteiger partial charge is 0.272 e. The van der Waals surface area contributed by atoms with Crippen LogP contribution in [-0.4, -0.2) is 36.0 Å². The molecular formula is C23H23ClN2O2. The zero-order chi connectivity index (χ0) is 20.1. The van der Waals surface area contributed by atoms with Gasteiger partial charge >= 0.3 is 0 Å². The number of benzene rings is 1. The SMILES string of the molecule is COc1ccnc(C(=O)N2CC/C(=C\C#Cc3cccc(Cl)c3)C(C)(C)C2)c1. The van der Waals surface area contributed by atoms with Gasteiger partial charge in [0.05, 0.1) is 7.11 Å². The molecule has 1 amide bonds. The quantitative estimate of drug-likeness (QED) is 0.699. The fraction of sp³-hybridized carbons (Fsp3) is 0.304. The molecule has 1 aliphatic rings. The van der Waals surface area contributed by atoms with E-state index in [1.54, 1.807) is 25.4 Å². The van der Waals surface area contributed by atoms with Gasteiger partial charge in [0.25, 0.3) is 5.91 Å². The number of carbonyl (C=O) groups is 1. The Bertz CT molecular complexity index is 970. The van der Waals surface area contributed by atoms with Crippen molar-refractivity contribution in [2.75, 3.05) is 20.2 Å². The highest BCUT2D eigenvalue weighted by molar-refractivity contribution is 6.30. The molecule has 0 aliphatic carbocycles. The van der Waals surface area contributed by atoms with Crippen molar-refractivity contribution in [2.24, 2.45) is 5.41 Å². The van der Waals surface area contributed by atoms with Crippen molar-refractivity contribution in [1.29, 1.82) is 0 Å². The number of allylic oxidation sites excluding steroid dienone is 1. The molecule has 1 aromatic carbocycles. The van der Waals surface area contributed by atoms with Crippen LogP contribution in [0.2, 0.25) is 5.02 Å². The minimum absolute atomic E-state index is 0.0731. The van der Waals surface area contributed by atoms with Gasteiger partial charge in [0.1, 0.15) is 11.4 Å². The van der Waals surface area contributed by atoms with E-state index in [0.29, 0.717) is 29.6 Å². The second kappa shape index (κ2) is 8.50. The van der Waals surface area contributed by atoms with E-state index in [-0.39, 0.29) is 11.3 Å². The van der Waals surface area contributed by atoms with Gasteiger partial charge in [-0.1, -0.05) is 48.9 Å². The molecule has 4 nitrogen and oxygen atoms in total. The van der Waals surface area contributed by atoms with Crippen LogP contribution in [0.5, 0.6) is 5.75 Å². The van der Waals surface area contributed by atoms with Crippen molar-refractivity contribution < 1.29 is 9.53 Å². The van der Waals surface area contributed by atoms with Gasteiger partial charge in [0, 0.05) is 41.4 Å². The number of methoxy groups -OCH3 is 1. The molecule has 0 atom stereocenters. The number of piperidine rings is 1. The van der Waals surface area contributed by atoms with Crippen molar-refractivity contribution in [3.8, 4) is 17.6 Å². The van der Waals surface area contributed by atoms with Crippen LogP contribution in [0.25, 0.3) is 0 Å². The predicted octanol–water partition coefficient (Wildman–Crippen LogP) is 4.59. The van der Waals surface area contributed by atoms with E-state index in [1.807, 2.05) is 35.2 Å². The van der Waals surface area contributed by atoms with Gasteiger partial charge in [-0.2, -0.15) is 0 Å². The van der Waals surface area contributed by atoms with Gasteiger partial charge in [-0.05, 0) is 36.8 Å². The Kier molecular flexibility index (Phi) is 6.06. The molecule has 0 unspecified atom stereocenters. The minimum atomic E-state index is -0.157. The Morgan fingerprint density at radius 1 is 1.32 bits per heavy atom. The molecule has 1 aliphatic heterocycles. The lowest BCUT2D eigenvalue weighted by Gasteiger charge is -2.40. The fourth-order valence-corrected chi connectivity index (χ4v) is 3.47. The van der Waals surface area contributed by atoms with Crippen LogP contribution in [-0.2, 0) is 0 Å². The number of amides is 1. The second-order valence-corrected chi connectivity index (χ2v) is 7.83. The Labute approximate surface area is 171 Å². The Hall–Kier alpha value is -2.77. The Morgan fingerprint density at radius 2 is 2.14 bits per heavy atom. The summed E-state index contributed by atoms with van der Waals surface area (Å²) >= 11 is 6.00. The normalized spacial score (nSPS) is 17.0. The van der Waals surface area contributed by atoms with Crippen LogP contribution in [0.15, 0.2) is 54.2 Å². The number of hydrogen-bond acceptors (Lipinski definition) is 3. The summed E-state index contributed by atoms with van der Waals surface area (Å²) in [5, 5.41) is 0.678. The lowest BCUT2D eigenvalue weighted by Crippen LogP contribution is -2.45. The van der Waals surface area contributed by atoms with Gasteiger partial charge in [-0.25, -0.2) is 0 Å². The molecule has 2 heterocycles. The van der Waals surface area contributed by atoms with Gasteiger partial charge in [0.15, 0.2) is 0 Å². The summed E-state index contributed by atoms with van der Waals surface area (Å²) in [6.45, 7) is 5.54. The topological polar surface area (TPSA) is 42.4 Å². The number of pyridine rings is 1. The van der Waals surface area contributed by atoms with Crippen LogP contribution in [0.3, 0.4) is 0 Å². The maximum Gasteiger partial charge on any atom is 0.272 e. The van der Waals surface area contributed by atoms with Gasteiger partial charge in [-0.15, -0.1) is 0 Å². The molecule has 144 valence electrons. The monoisotopic (exact) mass is 394 g/mol. The number of ether oxygens (including phenoxy) is 1. The van der Waals surface area contributed by atoms with E-state index in [2.05, 4.69) is 30.7 Å². The van der Waals surface area contributed by atoms with Gasteiger partial charge < -0.3 is 9.64 Å². The molecule has 28 heavy (non-hydrogen) atoms. The number of hydrogen-bond donors (Lipinski definition) is 0. The summed E-state index contributed by atoms with van der Waals surface area (Å²) in [5.41, 5.74) is 2.38. The van der Waals surface area contributed by atoms with Crippen molar-refractivity contribution in [3.05, 3.63) is 70.5 Å². The Balaban J connectivity index is 1.72. The molecule has 0 radical (unpaired) electrons. The molecule has 3 rings (SSSR count). The molecule has 5 heteroatoms. The van der Waals surface area contributed by atoms with E-state index in [0.717, 1.165) is 12.0 Å². The summed E-state index contributed by atoms with van der Waals surface area (Å²) in [5.74, 6) is 6.83. The van der Waals surface area contributed by atoms with Crippen molar-refractivity contribution >= 4 is 17.5 Å². The number of halogens is 1. The highest BCUT2D eigenvalue weighted by atomic mass is 35.5. The van der Waals surface area contributed by atoms with Crippen LogP contribution in [0.4, 0.5) is 0 Å². The zero-order valence-corrected chi connectivity index (χ0v) is 17.1. The van der Waals surface area contributed by atoms with E-state index in [9.17, 15) is 4.79 Å². The van der Waals surface area contributed by atoms with Crippen LogP contribution in [0, 0.1) is 17.3 Å². The summed E-state index contributed by atoms with van der Waals surface area (Å²) < 4.78 is 5.20. The first-order valence-electron chi connectivity index (χ1n) is 9.15. The van der Waals surface area contributed by atoms with E-state index < -0.39 is 0 Å². The molecule has 0 N–H and O–H groups in total. The average Bonchev–Trinajstić information content (AvgIpc) is 2.68. The molecule has 1 fully saturated rings. The third kappa shape index (κ3) is 4.74. The van der Waals surface area contributed by atoms with E-state index in [4.69, 9.17) is 16.3 Å². The fourth-order valence-electron chi connectivity index (χ4n) is 3.28. The highest BCUT2D eigenvalue weighted by Crippen LogP contribution is 2.34. The third-order valence-corrected chi connectivity index (χ3v) is 5.10. The first kappa shape index (κ1) is 20.0. The Morgan fingerprint density at radius 3 is 2.86 bits per heavy atom. The third-order valence-electron chi connectivity index (χ3n) is 4.87. The molecule has 1 aromatic heterocycles. The second-order valence-electron chi connectivity index (χ2n) is 7.39. The number of carbonyl (C=O) groups excluding carboxylic acids is 1. The van der Waals surface area contributed by atoms with Gasteiger partial charge in [0.2, 0.25) is 0 Å². The minimum Gasteiger partial charge on any atom is -0.497 e. The summed E-state index contributed by atoms with van der Waals surface area (Å²) in [6, 6.07) is 10.9. The van der Waals surface area contributed by atoms with Crippen molar-refractivity contribution in [1.82, 2.24) is 9.88 Å². The molecule has 0 saturated carbocycles. The summed E-state index contributed by atoms with van der Waals surface area (Å²) in [7, 11) is 1.58. The standard InChI is InChI=1S/C23H23ClN2O2/c1-23(2)16-26(22(27)21-15-20(28-3)10-12-25-21)13-11-18(23)8-4-6-17-7-5-9-19(24)14-17/h5,7-10,12,14-15H,11,13,16H2,1-3H3/b18-8+. The number of rotatable bonds is 2. The number of nitrogens with zero attached hydrogens (tertiary/aromatic N) is 2. The molecule has 0 spiro atoms. The van der Waals surface area contributed by atoms with Crippen LogP contribution in [0.1, 0.15) is 36.3 Å². The maximum absolute atomic E-state index is 12.8. The molecule has 0 bridgehead atoms. The summed E-state index contributed by atoms with van der Waals surface area (Å²) in [6.07, 6.45) is 4.36. The lowest BCUT2D eigenvalue weighted by atomic mass is 9.78. The first-order valence-corrected chi connectivity index (χ1v) is 9.53. The molecule has 2 aromatic rings. The van der Waals surface area contributed by atoms with Crippen molar-refractivity contribution in [3.63, 3.8) is 0 Å². The highest BCUT2D eigenvalue weighted by Gasteiger charge is 2.33. The number of aromatic nitrogens is 1. The predicted molar refractivity (Wildman–Crippen MR) is 112 cm³/mol. The first-order chi connectivity index (χ1) is 13.4. The van der Waals surface area contributed by atoms with E-state index >= 15 is 0 Å². The zero-order valence-electron chi connectivity index (χ0n) is 16.3. The van der Waals surface area contributed by atoms with Crippen LogP contribution >= 0.6 is 11.6 Å². The lowest BCUT2D eigenvalue weighted by molar-refractivity contribution is 0.0657. The largest absolute Gasteiger partial charge is 0.497 e. The van der Waals surface area contributed by atoms with E-state index in [1.165, 1.54) is 5.57 Å². The summed E-state index contributed by atoms with van der Waals surface area (Å²) in [4.78, 5) is 18.9.